The van der Waals surface area contributed by atoms with Crippen molar-refractivity contribution in [2.24, 2.45) is 0 Å². The van der Waals surface area contributed by atoms with Gasteiger partial charge in [0, 0.05) is 27.9 Å². The van der Waals surface area contributed by atoms with E-state index in [9.17, 15) is 0 Å². The molecule has 5 nitrogen and oxygen atoms in total. The van der Waals surface area contributed by atoms with Crippen LogP contribution in [0.2, 0.25) is 0 Å². The number of nitrogens with zero attached hydrogens (tertiary/aromatic N) is 4. The summed E-state index contributed by atoms with van der Waals surface area (Å²) in [5, 5.41) is 2.13. The lowest BCUT2D eigenvalue weighted by Crippen LogP contribution is -2.15. The predicted molar refractivity (Wildman–Crippen MR) is 207 cm³/mol. The molecule has 50 heavy (non-hydrogen) atoms. The zero-order valence-corrected chi connectivity index (χ0v) is 29.8. The minimum Gasteiger partial charge on any atom is -0.455 e. The van der Waals surface area contributed by atoms with E-state index < -0.39 is 0 Å². The minimum absolute atomic E-state index is 0.146. The van der Waals surface area contributed by atoms with Gasteiger partial charge in [-0.15, -0.1) is 0 Å². The summed E-state index contributed by atoms with van der Waals surface area (Å²) in [4.78, 5) is 14.8. The van der Waals surface area contributed by atoms with Crippen molar-refractivity contribution in [3.63, 3.8) is 0 Å². The van der Waals surface area contributed by atoms with Crippen molar-refractivity contribution < 1.29 is 4.42 Å². The fraction of sp³-hybridized carbons (Fsp3) is 0.222. The highest BCUT2D eigenvalue weighted by Crippen LogP contribution is 2.43. The van der Waals surface area contributed by atoms with Gasteiger partial charge in [0.05, 0.1) is 28.0 Å². The highest BCUT2D eigenvalue weighted by molar-refractivity contribution is 6.10. The average molecular weight is 655 g/mol. The lowest BCUT2D eigenvalue weighted by atomic mass is 9.88. The Morgan fingerprint density at radius 2 is 1.36 bits per heavy atom. The van der Waals surface area contributed by atoms with Crippen LogP contribution in [0.3, 0.4) is 0 Å². The van der Waals surface area contributed by atoms with Crippen molar-refractivity contribution in [1.82, 2.24) is 19.5 Å². The van der Waals surface area contributed by atoms with Crippen LogP contribution < -0.4 is 0 Å². The molecule has 0 aliphatic rings. The van der Waals surface area contributed by atoms with Gasteiger partial charge in [-0.2, -0.15) is 0 Å². The molecule has 0 saturated carbocycles. The molecule has 0 aliphatic carbocycles. The van der Waals surface area contributed by atoms with Crippen LogP contribution in [0.4, 0.5) is 0 Å². The normalized spacial score (nSPS) is 12.3. The summed E-state index contributed by atoms with van der Waals surface area (Å²) in [6.45, 7) is 15.6. The van der Waals surface area contributed by atoms with E-state index in [1.807, 2.05) is 12.3 Å². The summed E-state index contributed by atoms with van der Waals surface area (Å²) < 4.78 is 9.21. The maximum atomic E-state index is 6.82. The lowest BCUT2D eigenvalue weighted by molar-refractivity contribution is 0.546. The maximum absolute atomic E-state index is 6.82. The zero-order chi connectivity index (χ0) is 34.7. The van der Waals surface area contributed by atoms with Crippen LogP contribution in [0.25, 0.3) is 72.4 Å². The fourth-order valence-electron chi connectivity index (χ4n) is 7.06. The van der Waals surface area contributed by atoms with Gasteiger partial charge in [-0.1, -0.05) is 109 Å². The van der Waals surface area contributed by atoms with Gasteiger partial charge in [-0.25, -0.2) is 15.0 Å². The Balaban J connectivity index is 1.37. The van der Waals surface area contributed by atoms with Gasteiger partial charge < -0.3 is 4.42 Å². The Labute approximate surface area is 293 Å². The van der Waals surface area contributed by atoms with E-state index in [0.29, 0.717) is 0 Å². The maximum Gasteiger partial charge on any atom is 0.149 e. The Bertz CT molecular complexity index is 2500. The zero-order valence-electron chi connectivity index (χ0n) is 29.8. The predicted octanol–water partition coefficient (Wildman–Crippen LogP) is 12.3. The molecule has 5 heteroatoms. The molecular formula is C45H42N4O. The second-order valence-corrected chi connectivity index (χ2v) is 14.9. The van der Waals surface area contributed by atoms with Crippen molar-refractivity contribution in [1.29, 1.82) is 0 Å². The average Bonchev–Trinajstić information content (AvgIpc) is 3.69. The first kappa shape index (κ1) is 31.7. The van der Waals surface area contributed by atoms with Crippen LogP contribution in [0.15, 0.2) is 120 Å². The number of hydrogen-bond acceptors (Lipinski definition) is 4. The standard InChI is InChI=1S/C45H42N4O/c1-27(2)35-24-31(29-14-9-8-10-15-29)25-36(28(3)4)41(35)49-39-19-12-11-18-38(39)47-43(49)34-17-13-16-33-32-21-20-30(26-40(32)50-42(33)34)37-22-23-46-44(48-37)45(5,6)7/h8-28H,1-7H3. The number of hydrogen-bond donors (Lipinski definition) is 0. The molecule has 3 heterocycles. The summed E-state index contributed by atoms with van der Waals surface area (Å²) >= 11 is 0. The van der Waals surface area contributed by atoms with Crippen LogP contribution in [0, 0.1) is 0 Å². The Kier molecular flexibility index (Phi) is 7.67. The number of para-hydroxylation sites is 3. The van der Waals surface area contributed by atoms with Gasteiger partial charge >= 0.3 is 0 Å². The number of furan rings is 1. The smallest absolute Gasteiger partial charge is 0.149 e. The van der Waals surface area contributed by atoms with Gasteiger partial charge in [-0.05, 0) is 82.6 Å². The summed E-state index contributed by atoms with van der Waals surface area (Å²) in [6, 6.07) is 38.7. The molecule has 0 saturated heterocycles. The van der Waals surface area contributed by atoms with Gasteiger partial charge in [0.15, 0.2) is 0 Å². The van der Waals surface area contributed by atoms with Crippen LogP contribution in [0.1, 0.15) is 77.3 Å². The Hall–Kier alpha value is -5.55. The second kappa shape index (κ2) is 12.1. The molecule has 0 N–H and O–H groups in total. The monoisotopic (exact) mass is 654 g/mol. The van der Waals surface area contributed by atoms with Gasteiger partial charge in [0.25, 0.3) is 0 Å². The van der Waals surface area contributed by atoms with E-state index in [2.05, 4.69) is 161 Å². The van der Waals surface area contributed by atoms with E-state index in [4.69, 9.17) is 14.4 Å². The van der Waals surface area contributed by atoms with Crippen LogP contribution in [-0.4, -0.2) is 19.5 Å². The van der Waals surface area contributed by atoms with Crippen molar-refractivity contribution in [3.05, 3.63) is 132 Å². The molecular weight excluding hydrogens is 613 g/mol. The molecule has 0 unspecified atom stereocenters. The van der Waals surface area contributed by atoms with E-state index in [-0.39, 0.29) is 17.3 Å². The van der Waals surface area contributed by atoms with E-state index in [1.165, 1.54) is 27.9 Å². The highest BCUT2D eigenvalue weighted by Gasteiger charge is 2.26. The first-order valence-electron chi connectivity index (χ1n) is 17.6. The first-order valence-corrected chi connectivity index (χ1v) is 17.6. The third-order valence-electron chi connectivity index (χ3n) is 9.67. The highest BCUT2D eigenvalue weighted by atomic mass is 16.3. The number of aromatic nitrogens is 4. The fourth-order valence-corrected chi connectivity index (χ4v) is 7.06. The molecule has 0 atom stereocenters. The SMILES string of the molecule is CC(C)c1cc(-c2ccccc2)cc(C(C)C)c1-n1c(-c2cccc3c2oc2cc(-c4ccnc(C(C)(C)C)n4)ccc23)nc2ccccc21. The molecule has 0 aliphatic heterocycles. The number of rotatable bonds is 6. The summed E-state index contributed by atoms with van der Waals surface area (Å²) in [7, 11) is 0. The molecule has 0 amide bonds. The third-order valence-corrected chi connectivity index (χ3v) is 9.67. The second-order valence-electron chi connectivity index (χ2n) is 14.9. The van der Waals surface area contributed by atoms with E-state index in [0.717, 1.165) is 61.4 Å². The van der Waals surface area contributed by atoms with Crippen LogP contribution in [-0.2, 0) is 5.41 Å². The van der Waals surface area contributed by atoms with Gasteiger partial charge in [-0.3, -0.25) is 4.57 Å². The molecule has 0 fully saturated rings. The largest absolute Gasteiger partial charge is 0.455 e. The summed E-state index contributed by atoms with van der Waals surface area (Å²) in [5.41, 5.74) is 12.6. The van der Waals surface area contributed by atoms with Crippen molar-refractivity contribution in [3.8, 4) is 39.5 Å². The van der Waals surface area contributed by atoms with Crippen LogP contribution >= 0.6 is 0 Å². The molecule has 3 aromatic heterocycles. The minimum atomic E-state index is -0.146. The topological polar surface area (TPSA) is 56.7 Å². The van der Waals surface area contributed by atoms with Crippen molar-refractivity contribution >= 4 is 33.0 Å². The molecule has 248 valence electrons. The third kappa shape index (κ3) is 5.38. The molecule has 0 radical (unpaired) electrons. The Morgan fingerprint density at radius 3 is 2.08 bits per heavy atom. The van der Waals surface area contributed by atoms with Gasteiger partial charge in [0.2, 0.25) is 0 Å². The van der Waals surface area contributed by atoms with Gasteiger partial charge in [0.1, 0.15) is 22.8 Å². The first-order chi connectivity index (χ1) is 24.1. The lowest BCUT2D eigenvalue weighted by Gasteiger charge is -2.24. The molecule has 0 spiro atoms. The summed E-state index contributed by atoms with van der Waals surface area (Å²) in [6.07, 6.45) is 1.84. The molecule has 8 aromatic rings. The molecule has 0 bridgehead atoms. The van der Waals surface area contributed by atoms with E-state index >= 15 is 0 Å². The van der Waals surface area contributed by atoms with E-state index in [1.54, 1.807) is 0 Å². The Morgan fingerprint density at radius 1 is 0.640 bits per heavy atom. The van der Waals surface area contributed by atoms with Crippen LogP contribution in [0.5, 0.6) is 0 Å². The van der Waals surface area contributed by atoms with Crippen molar-refractivity contribution in [2.45, 2.75) is 65.7 Å². The molecule has 5 aromatic carbocycles. The quantitative estimate of drug-likeness (QED) is 0.179. The number of fused-ring (bicyclic) bond motifs is 4. The number of benzene rings is 5. The number of imidazole rings is 1. The summed E-state index contributed by atoms with van der Waals surface area (Å²) in [5.74, 6) is 2.25. The molecule has 8 rings (SSSR count). The van der Waals surface area contributed by atoms with Crippen molar-refractivity contribution in [2.75, 3.05) is 0 Å².